The maximum atomic E-state index is 10.5. The quantitative estimate of drug-likeness (QED) is 0.795. The number of carbonyl (C=O) groups is 1. The van der Waals surface area contributed by atoms with Crippen LogP contribution in [0, 0.1) is 6.92 Å². The summed E-state index contributed by atoms with van der Waals surface area (Å²) in [6.07, 6.45) is 1.10. The fourth-order valence-corrected chi connectivity index (χ4v) is 1.80. The normalized spacial score (nSPS) is 11.4. The number of alkyl halides is 3. The molecule has 25 heavy (non-hydrogen) atoms. The van der Waals surface area contributed by atoms with Crippen LogP contribution in [0.25, 0.3) is 11.9 Å². The number of aliphatic carboxylic acids is 1. The van der Waals surface area contributed by atoms with E-state index in [4.69, 9.17) is 9.90 Å². The third-order valence-electron chi connectivity index (χ3n) is 3.04. The second kappa shape index (κ2) is 8.86. The van der Waals surface area contributed by atoms with Crippen molar-refractivity contribution in [3.05, 3.63) is 66.0 Å². The minimum atomic E-state index is -5.19. The summed E-state index contributed by atoms with van der Waals surface area (Å²) in [7, 11) is 4.11. The summed E-state index contributed by atoms with van der Waals surface area (Å²) in [5.41, 5.74) is 2.49. The summed E-state index contributed by atoms with van der Waals surface area (Å²) < 4.78 is 33.7. The predicted octanol–water partition coefficient (Wildman–Crippen LogP) is 2.10. The van der Waals surface area contributed by atoms with Gasteiger partial charge in [0.1, 0.15) is 5.97 Å². The van der Waals surface area contributed by atoms with Gasteiger partial charge in [-0.15, -0.1) is 0 Å². The fourth-order valence-electron chi connectivity index (χ4n) is 1.80. The van der Waals surface area contributed by atoms with Crippen LogP contribution in [0.5, 0.6) is 0 Å². The number of hydrogen-bond acceptors (Lipinski definition) is 3. The molecule has 1 aromatic carbocycles. The average molecular weight is 352 g/mol. The van der Waals surface area contributed by atoms with E-state index in [1.807, 2.05) is 18.2 Å². The molecular formula is C18H19F3N2O2. The second-order valence-electron chi connectivity index (χ2n) is 5.38. The molecule has 1 heterocycles. The van der Waals surface area contributed by atoms with Crippen LogP contribution < -0.4 is 9.67 Å². The SMILES string of the molecule is Cc1ccc(C=C(N(C)C)[n+]2ccccc2)cc1.O=C([O-])C(F)(F)F. The molecule has 0 atom stereocenters. The van der Waals surface area contributed by atoms with Crippen molar-refractivity contribution in [2.24, 2.45) is 0 Å². The molecule has 0 unspecified atom stereocenters. The molecule has 0 radical (unpaired) electrons. The van der Waals surface area contributed by atoms with Crippen molar-refractivity contribution in [3.63, 3.8) is 0 Å². The van der Waals surface area contributed by atoms with Crippen LogP contribution in [0.1, 0.15) is 11.1 Å². The van der Waals surface area contributed by atoms with E-state index in [2.05, 4.69) is 73.2 Å². The molecule has 0 amide bonds. The minimum absolute atomic E-state index is 1.14. The minimum Gasteiger partial charge on any atom is -0.542 e. The summed E-state index contributed by atoms with van der Waals surface area (Å²) >= 11 is 0. The van der Waals surface area contributed by atoms with Crippen molar-refractivity contribution >= 4 is 17.9 Å². The Labute approximate surface area is 144 Å². The van der Waals surface area contributed by atoms with E-state index < -0.39 is 12.1 Å². The standard InChI is InChI=1S/C16H19N2.C2HF3O2/c1-14-7-9-15(10-8-14)13-16(17(2)3)18-11-5-4-6-12-18;3-2(4,5)1(6)7/h4-13H,1-3H3;(H,6,7)/q+1;/p-1. The number of aromatic nitrogens is 1. The van der Waals surface area contributed by atoms with Crippen LogP contribution in [0.4, 0.5) is 13.2 Å². The number of benzene rings is 1. The van der Waals surface area contributed by atoms with Gasteiger partial charge in [0.25, 0.3) is 5.82 Å². The number of halogens is 3. The highest BCUT2D eigenvalue weighted by molar-refractivity contribution is 5.70. The topological polar surface area (TPSA) is 47.2 Å². The Morgan fingerprint density at radius 3 is 1.96 bits per heavy atom. The van der Waals surface area contributed by atoms with E-state index in [1.54, 1.807) is 0 Å². The average Bonchev–Trinajstić information content (AvgIpc) is 2.54. The molecule has 0 fully saturated rings. The molecule has 134 valence electrons. The monoisotopic (exact) mass is 352 g/mol. The maximum Gasteiger partial charge on any atom is 0.430 e. The molecular weight excluding hydrogens is 333 g/mol. The van der Waals surface area contributed by atoms with Gasteiger partial charge in [-0.1, -0.05) is 35.9 Å². The van der Waals surface area contributed by atoms with Crippen molar-refractivity contribution in [2.45, 2.75) is 13.1 Å². The van der Waals surface area contributed by atoms with E-state index >= 15 is 0 Å². The summed E-state index contributed by atoms with van der Waals surface area (Å²) in [4.78, 5) is 10.9. The highest BCUT2D eigenvalue weighted by Crippen LogP contribution is 2.11. The van der Waals surface area contributed by atoms with Crippen LogP contribution in [-0.2, 0) is 4.79 Å². The van der Waals surface area contributed by atoms with Gasteiger partial charge in [-0.05, 0) is 24.6 Å². The fraction of sp³-hybridized carbons (Fsp3) is 0.222. The third kappa shape index (κ3) is 7.07. The lowest BCUT2D eigenvalue weighted by molar-refractivity contribution is -0.590. The van der Waals surface area contributed by atoms with Crippen molar-refractivity contribution < 1.29 is 27.6 Å². The molecule has 0 spiro atoms. The lowest BCUT2D eigenvalue weighted by atomic mass is 10.1. The second-order valence-corrected chi connectivity index (χ2v) is 5.38. The lowest BCUT2D eigenvalue weighted by Crippen LogP contribution is -2.38. The molecule has 7 heteroatoms. The lowest BCUT2D eigenvalue weighted by Gasteiger charge is -2.10. The van der Waals surface area contributed by atoms with Crippen LogP contribution in [0.15, 0.2) is 54.9 Å². The van der Waals surface area contributed by atoms with Gasteiger partial charge in [0.05, 0.1) is 26.5 Å². The summed E-state index contributed by atoms with van der Waals surface area (Å²) in [5.74, 6) is -1.87. The summed E-state index contributed by atoms with van der Waals surface area (Å²) in [6, 6.07) is 14.6. The maximum absolute atomic E-state index is 10.5. The number of rotatable bonds is 3. The molecule has 0 N–H and O–H groups in total. The molecule has 2 rings (SSSR count). The zero-order chi connectivity index (χ0) is 19.0. The van der Waals surface area contributed by atoms with Gasteiger partial charge >= 0.3 is 6.18 Å². The molecule has 4 nitrogen and oxygen atoms in total. The van der Waals surface area contributed by atoms with Crippen molar-refractivity contribution in [1.82, 2.24) is 4.90 Å². The number of nitrogens with zero attached hydrogens (tertiary/aromatic N) is 2. The van der Waals surface area contributed by atoms with Crippen molar-refractivity contribution in [2.75, 3.05) is 14.1 Å². The van der Waals surface area contributed by atoms with E-state index in [1.165, 1.54) is 11.1 Å². The Bertz CT molecular complexity index is 709. The number of pyridine rings is 1. The van der Waals surface area contributed by atoms with E-state index in [9.17, 15) is 13.2 Å². The van der Waals surface area contributed by atoms with Crippen molar-refractivity contribution in [3.8, 4) is 0 Å². The Balaban J connectivity index is 0.000000381. The Morgan fingerprint density at radius 2 is 1.56 bits per heavy atom. The van der Waals surface area contributed by atoms with Crippen LogP contribution in [-0.4, -0.2) is 31.1 Å². The number of carboxylic acids is 1. The van der Waals surface area contributed by atoms with Gasteiger partial charge in [-0.2, -0.15) is 13.2 Å². The van der Waals surface area contributed by atoms with Crippen LogP contribution >= 0.6 is 0 Å². The molecule has 0 aliphatic rings. The summed E-state index contributed by atoms with van der Waals surface area (Å²) in [6.45, 7) is 2.10. The Hall–Kier alpha value is -2.83. The first-order valence-electron chi connectivity index (χ1n) is 7.32. The Kier molecular flexibility index (Phi) is 7.17. The Morgan fingerprint density at radius 1 is 1.08 bits per heavy atom. The zero-order valence-corrected chi connectivity index (χ0v) is 14.1. The third-order valence-corrected chi connectivity index (χ3v) is 3.04. The molecule has 0 bridgehead atoms. The molecule has 0 saturated heterocycles. The first-order valence-corrected chi connectivity index (χ1v) is 7.32. The number of carbonyl (C=O) groups excluding carboxylic acids is 1. The first-order chi connectivity index (χ1) is 11.6. The van der Waals surface area contributed by atoms with Crippen LogP contribution in [0.3, 0.4) is 0 Å². The summed E-state index contributed by atoms with van der Waals surface area (Å²) in [5, 5.41) is 8.78. The number of aryl methyl sites for hydroxylation is 1. The molecule has 1 aromatic heterocycles. The van der Waals surface area contributed by atoms with Gasteiger partial charge < -0.3 is 9.90 Å². The number of hydrogen-bond donors (Lipinski definition) is 0. The molecule has 0 saturated carbocycles. The van der Waals surface area contributed by atoms with Gasteiger partial charge in [0.2, 0.25) is 0 Å². The van der Waals surface area contributed by atoms with E-state index in [0.29, 0.717) is 0 Å². The van der Waals surface area contributed by atoms with Crippen molar-refractivity contribution in [1.29, 1.82) is 0 Å². The van der Waals surface area contributed by atoms with Gasteiger partial charge in [-0.25, -0.2) is 4.57 Å². The molecule has 2 aromatic rings. The molecule has 0 aliphatic heterocycles. The van der Waals surface area contributed by atoms with E-state index in [0.717, 1.165) is 5.82 Å². The van der Waals surface area contributed by atoms with E-state index in [-0.39, 0.29) is 0 Å². The first kappa shape index (κ1) is 20.2. The van der Waals surface area contributed by atoms with Crippen LogP contribution in [0.2, 0.25) is 0 Å². The van der Waals surface area contributed by atoms with Gasteiger partial charge in [-0.3, -0.25) is 4.90 Å². The van der Waals surface area contributed by atoms with Gasteiger partial charge in [0, 0.05) is 6.08 Å². The largest absolute Gasteiger partial charge is 0.542 e. The molecule has 0 aliphatic carbocycles. The highest BCUT2D eigenvalue weighted by Gasteiger charge is 2.28. The zero-order valence-electron chi connectivity index (χ0n) is 14.1. The van der Waals surface area contributed by atoms with Gasteiger partial charge in [0.15, 0.2) is 0 Å². The smallest absolute Gasteiger partial charge is 0.430 e. The highest BCUT2D eigenvalue weighted by atomic mass is 19.4. The number of carboxylic acid groups (broad SMARTS) is 1. The predicted molar refractivity (Wildman–Crippen MR) is 86.7 cm³/mol.